The van der Waals surface area contributed by atoms with E-state index < -0.39 is 5.82 Å². The van der Waals surface area contributed by atoms with Gasteiger partial charge in [-0.2, -0.15) is 10.1 Å². The molecule has 0 spiro atoms. The highest BCUT2D eigenvalue weighted by Crippen LogP contribution is 2.31. The van der Waals surface area contributed by atoms with E-state index in [-0.39, 0.29) is 5.95 Å². The molecule has 0 fully saturated rings. The van der Waals surface area contributed by atoms with Crippen molar-refractivity contribution in [1.82, 2.24) is 20.2 Å². The molecule has 2 aromatic heterocycles. The second-order valence-corrected chi connectivity index (χ2v) is 4.09. The average molecular weight is 264 g/mol. The van der Waals surface area contributed by atoms with E-state index in [1.807, 2.05) is 0 Å². The van der Waals surface area contributed by atoms with E-state index in [0.29, 0.717) is 27.3 Å². The minimum atomic E-state index is -0.400. The number of hydrogen-bond donors (Lipinski definition) is 2. The molecule has 3 aromatic rings. The summed E-state index contributed by atoms with van der Waals surface area (Å²) in [6.07, 6.45) is 1.55. The molecule has 18 heavy (non-hydrogen) atoms. The van der Waals surface area contributed by atoms with E-state index in [0.717, 1.165) is 0 Å². The Balaban J connectivity index is 2.37. The van der Waals surface area contributed by atoms with E-state index in [4.69, 9.17) is 17.3 Å². The fraction of sp³-hybridized carbons (Fsp3) is 0. The third-order valence-corrected chi connectivity index (χ3v) is 2.84. The Morgan fingerprint density at radius 3 is 2.94 bits per heavy atom. The van der Waals surface area contributed by atoms with Crippen LogP contribution in [0.4, 0.5) is 10.3 Å². The van der Waals surface area contributed by atoms with Crippen LogP contribution in [0, 0.1) is 5.82 Å². The molecular formula is C11H7ClFN5. The van der Waals surface area contributed by atoms with Gasteiger partial charge in [0.15, 0.2) is 5.65 Å². The Kier molecular flexibility index (Phi) is 2.38. The fourth-order valence-corrected chi connectivity index (χ4v) is 1.94. The van der Waals surface area contributed by atoms with E-state index in [9.17, 15) is 4.39 Å². The summed E-state index contributed by atoms with van der Waals surface area (Å²) in [6.45, 7) is 0. The highest BCUT2D eigenvalue weighted by Gasteiger charge is 2.13. The van der Waals surface area contributed by atoms with Gasteiger partial charge in [0, 0.05) is 5.56 Å². The SMILES string of the molecule is Nc1nc(-c2cc(F)ccc2Cl)c2cn[nH]c2n1. The normalized spacial score (nSPS) is 11.0. The summed E-state index contributed by atoms with van der Waals surface area (Å²) < 4.78 is 13.3. The number of aromatic amines is 1. The molecule has 0 aliphatic heterocycles. The van der Waals surface area contributed by atoms with Crippen molar-refractivity contribution in [1.29, 1.82) is 0 Å². The van der Waals surface area contributed by atoms with Gasteiger partial charge in [-0.25, -0.2) is 9.37 Å². The molecule has 90 valence electrons. The van der Waals surface area contributed by atoms with Crippen LogP contribution in [0.25, 0.3) is 22.3 Å². The molecule has 5 nitrogen and oxygen atoms in total. The molecule has 2 heterocycles. The Bertz CT molecular complexity index is 739. The van der Waals surface area contributed by atoms with Crippen LogP contribution in [0.5, 0.6) is 0 Å². The van der Waals surface area contributed by atoms with Crippen molar-refractivity contribution in [3.05, 3.63) is 35.2 Å². The molecule has 0 radical (unpaired) electrons. The minimum absolute atomic E-state index is 0.0714. The van der Waals surface area contributed by atoms with Gasteiger partial charge in [0.05, 0.1) is 22.3 Å². The lowest BCUT2D eigenvalue weighted by atomic mass is 10.1. The van der Waals surface area contributed by atoms with Gasteiger partial charge in [-0.05, 0) is 18.2 Å². The van der Waals surface area contributed by atoms with Crippen molar-refractivity contribution in [3.8, 4) is 11.3 Å². The van der Waals surface area contributed by atoms with Gasteiger partial charge in [-0.1, -0.05) is 11.6 Å². The molecule has 0 aliphatic rings. The first kappa shape index (κ1) is 10.9. The minimum Gasteiger partial charge on any atom is -0.368 e. The molecule has 1 aromatic carbocycles. The smallest absolute Gasteiger partial charge is 0.222 e. The van der Waals surface area contributed by atoms with Crippen LogP contribution in [0.1, 0.15) is 0 Å². The number of benzene rings is 1. The van der Waals surface area contributed by atoms with Gasteiger partial charge in [-0.15, -0.1) is 0 Å². The number of halogens is 2. The molecule has 0 unspecified atom stereocenters. The number of H-pyrrole nitrogens is 1. The second-order valence-electron chi connectivity index (χ2n) is 3.69. The molecule has 0 bridgehead atoms. The van der Waals surface area contributed by atoms with E-state index in [2.05, 4.69) is 20.2 Å². The van der Waals surface area contributed by atoms with Crippen molar-refractivity contribution in [3.63, 3.8) is 0 Å². The predicted octanol–water partition coefficient (Wildman–Crippen LogP) is 2.39. The Morgan fingerprint density at radius 1 is 1.28 bits per heavy atom. The zero-order valence-electron chi connectivity index (χ0n) is 8.98. The van der Waals surface area contributed by atoms with Crippen LogP contribution in [-0.2, 0) is 0 Å². The topological polar surface area (TPSA) is 80.5 Å². The number of nitrogen functional groups attached to an aromatic ring is 1. The summed E-state index contributed by atoms with van der Waals surface area (Å²) >= 11 is 6.05. The van der Waals surface area contributed by atoms with Gasteiger partial charge >= 0.3 is 0 Å². The first-order valence-electron chi connectivity index (χ1n) is 5.07. The van der Waals surface area contributed by atoms with Crippen LogP contribution in [0.3, 0.4) is 0 Å². The summed E-state index contributed by atoms with van der Waals surface area (Å²) in [5, 5.41) is 7.57. The lowest BCUT2D eigenvalue weighted by Crippen LogP contribution is -1.98. The second kappa shape index (κ2) is 3.92. The van der Waals surface area contributed by atoms with E-state index in [1.54, 1.807) is 6.20 Å². The van der Waals surface area contributed by atoms with Gasteiger partial charge in [0.1, 0.15) is 5.82 Å². The Hall–Kier alpha value is -2.21. The summed E-state index contributed by atoms with van der Waals surface area (Å²) in [4.78, 5) is 8.09. The zero-order valence-corrected chi connectivity index (χ0v) is 9.74. The van der Waals surface area contributed by atoms with Crippen LogP contribution in [0.2, 0.25) is 5.02 Å². The number of hydrogen-bond acceptors (Lipinski definition) is 4. The van der Waals surface area contributed by atoms with Gasteiger partial charge in [-0.3, -0.25) is 5.10 Å². The number of nitrogens with one attached hydrogen (secondary N) is 1. The number of anilines is 1. The Labute approximate surface area is 106 Å². The highest BCUT2D eigenvalue weighted by molar-refractivity contribution is 6.33. The number of fused-ring (bicyclic) bond motifs is 1. The first-order valence-corrected chi connectivity index (χ1v) is 5.45. The highest BCUT2D eigenvalue weighted by atomic mass is 35.5. The third kappa shape index (κ3) is 1.67. The van der Waals surface area contributed by atoms with Crippen LogP contribution in [0.15, 0.2) is 24.4 Å². The molecule has 0 saturated carbocycles. The van der Waals surface area contributed by atoms with Crippen LogP contribution in [-0.4, -0.2) is 20.2 Å². The lowest BCUT2D eigenvalue weighted by Gasteiger charge is -2.05. The number of nitrogens with two attached hydrogens (primary N) is 1. The molecule has 7 heteroatoms. The quantitative estimate of drug-likeness (QED) is 0.706. The van der Waals surface area contributed by atoms with Crippen molar-refractivity contribution in [2.45, 2.75) is 0 Å². The summed E-state index contributed by atoms with van der Waals surface area (Å²) in [5.74, 6) is -0.328. The number of nitrogens with zero attached hydrogens (tertiary/aromatic N) is 3. The van der Waals surface area contributed by atoms with Gasteiger partial charge in [0.2, 0.25) is 5.95 Å². The maximum atomic E-state index is 13.3. The van der Waals surface area contributed by atoms with E-state index >= 15 is 0 Å². The van der Waals surface area contributed by atoms with Gasteiger partial charge < -0.3 is 5.73 Å². The number of rotatable bonds is 1. The van der Waals surface area contributed by atoms with Crippen molar-refractivity contribution in [2.24, 2.45) is 0 Å². The standard InChI is InChI=1S/C11H7ClFN5/c12-8-2-1-5(13)3-6(8)9-7-4-15-18-10(7)17-11(14)16-9/h1-4H,(H3,14,15,16,17,18). The molecule has 0 aliphatic carbocycles. The fourth-order valence-electron chi connectivity index (χ4n) is 1.74. The third-order valence-electron chi connectivity index (χ3n) is 2.51. The Morgan fingerprint density at radius 2 is 2.11 bits per heavy atom. The van der Waals surface area contributed by atoms with Crippen molar-refractivity contribution < 1.29 is 4.39 Å². The molecule has 3 N–H and O–H groups in total. The predicted molar refractivity (Wildman–Crippen MR) is 66.5 cm³/mol. The largest absolute Gasteiger partial charge is 0.368 e. The van der Waals surface area contributed by atoms with Crippen molar-refractivity contribution in [2.75, 3.05) is 5.73 Å². The van der Waals surface area contributed by atoms with Crippen molar-refractivity contribution >= 4 is 28.6 Å². The summed E-state index contributed by atoms with van der Waals surface area (Å²) in [5.41, 5.74) is 7.00. The molecule has 0 saturated heterocycles. The molecule has 3 rings (SSSR count). The maximum absolute atomic E-state index is 13.3. The van der Waals surface area contributed by atoms with E-state index in [1.165, 1.54) is 18.2 Å². The first-order chi connectivity index (χ1) is 8.65. The van der Waals surface area contributed by atoms with Crippen LogP contribution < -0.4 is 5.73 Å². The molecule has 0 amide bonds. The molecular weight excluding hydrogens is 257 g/mol. The summed E-state index contributed by atoms with van der Waals surface area (Å²) in [7, 11) is 0. The molecule has 0 atom stereocenters. The lowest BCUT2D eigenvalue weighted by molar-refractivity contribution is 0.628. The average Bonchev–Trinajstić information content (AvgIpc) is 2.79. The number of aromatic nitrogens is 4. The maximum Gasteiger partial charge on any atom is 0.222 e. The van der Waals surface area contributed by atoms with Gasteiger partial charge in [0.25, 0.3) is 0 Å². The summed E-state index contributed by atoms with van der Waals surface area (Å²) in [6, 6.07) is 4.05. The van der Waals surface area contributed by atoms with Crippen LogP contribution >= 0.6 is 11.6 Å². The zero-order chi connectivity index (χ0) is 12.7. The monoisotopic (exact) mass is 263 g/mol.